The van der Waals surface area contributed by atoms with Gasteiger partial charge in [0.15, 0.2) is 4.80 Å². The van der Waals surface area contributed by atoms with Gasteiger partial charge in [-0.25, -0.2) is 9.79 Å². The Kier molecular flexibility index (Phi) is 6.36. The Hall–Kier alpha value is -3.76. The van der Waals surface area contributed by atoms with Gasteiger partial charge in [0.05, 0.1) is 33.4 Å². The lowest BCUT2D eigenvalue weighted by molar-refractivity contribution is -0.398. The number of benzene rings is 2. The number of halogens is 1. The Bertz CT molecular complexity index is 1520. The van der Waals surface area contributed by atoms with E-state index in [4.69, 9.17) is 16.3 Å². The van der Waals surface area contributed by atoms with Crippen LogP contribution in [0.15, 0.2) is 63.5 Å². The standard InChI is InChI=1S/C23H18ClN3O6S/c1-3-33-22(30)19-12(2)25-23-26(20(19)14-5-7-15(24)8-6-14)21(29)18(34-23)11-13-4-9-17(28)16(10-13)27(31)32/h4-11,20,28H,3H2,1-2H3/p-1/t20-/m1/s1. The average molecular weight is 499 g/mol. The quantitative estimate of drug-likeness (QED) is 0.302. The predicted octanol–water partition coefficient (Wildman–Crippen LogP) is 2.43. The third-order valence-electron chi connectivity index (χ3n) is 5.18. The molecule has 0 radical (unpaired) electrons. The lowest BCUT2D eigenvalue weighted by atomic mass is 9.96. The molecule has 9 nitrogen and oxygen atoms in total. The van der Waals surface area contributed by atoms with Crippen LogP contribution in [0.4, 0.5) is 5.69 Å². The summed E-state index contributed by atoms with van der Waals surface area (Å²) in [6.45, 7) is 3.51. The normalized spacial score (nSPS) is 15.6. The lowest BCUT2D eigenvalue weighted by Crippen LogP contribution is -2.39. The molecule has 1 aliphatic rings. The molecule has 1 atom stereocenters. The van der Waals surface area contributed by atoms with Crippen molar-refractivity contribution < 1.29 is 19.6 Å². The topological polar surface area (TPSA) is 127 Å². The van der Waals surface area contributed by atoms with Crippen molar-refractivity contribution in [1.29, 1.82) is 0 Å². The Labute approximate surface area is 201 Å². The van der Waals surface area contributed by atoms with E-state index in [0.29, 0.717) is 26.6 Å². The highest BCUT2D eigenvalue weighted by atomic mass is 35.5. The second-order valence-corrected chi connectivity index (χ2v) is 8.78. The van der Waals surface area contributed by atoms with Gasteiger partial charge in [-0.05, 0) is 48.9 Å². The number of thiazole rings is 1. The second-order valence-electron chi connectivity index (χ2n) is 7.34. The number of carbonyl (C=O) groups is 1. The number of aromatic nitrogens is 1. The number of nitrogens with zero attached hydrogens (tertiary/aromatic N) is 3. The fraction of sp³-hybridized carbons (Fsp3) is 0.174. The number of ether oxygens (including phenoxy) is 1. The van der Waals surface area contributed by atoms with Crippen molar-refractivity contribution in [3.63, 3.8) is 0 Å². The van der Waals surface area contributed by atoms with Gasteiger partial charge < -0.3 is 9.84 Å². The fourth-order valence-electron chi connectivity index (χ4n) is 3.67. The molecule has 1 aliphatic heterocycles. The SMILES string of the molecule is CCOC(=O)C1=C(C)N=c2sc(=Cc3ccc([O-])c([N+](=O)[O-])c3)c(=O)n2[C@@H]1c1ccc(Cl)cc1. The van der Waals surface area contributed by atoms with Crippen molar-refractivity contribution in [2.75, 3.05) is 6.61 Å². The largest absolute Gasteiger partial charge is 0.868 e. The molecule has 0 unspecified atom stereocenters. The van der Waals surface area contributed by atoms with Gasteiger partial charge >= 0.3 is 5.97 Å². The molecule has 1 aromatic heterocycles. The van der Waals surface area contributed by atoms with E-state index in [1.54, 1.807) is 38.1 Å². The van der Waals surface area contributed by atoms with E-state index >= 15 is 0 Å². The van der Waals surface area contributed by atoms with E-state index in [1.165, 1.54) is 16.7 Å². The highest BCUT2D eigenvalue weighted by molar-refractivity contribution is 7.07. The molecular weight excluding hydrogens is 482 g/mol. The highest BCUT2D eigenvalue weighted by Gasteiger charge is 2.33. The average Bonchev–Trinajstić information content (AvgIpc) is 3.09. The van der Waals surface area contributed by atoms with Crippen LogP contribution < -0.4 is 20.0 Å². The molecule has 0 saturated carbocycles. The van der Waals surface area contributed by atoms with Crippen molar-refractivity contribution in [1.82, 2.24) is 4.57 Å². The third kappa shape index (κ3) is 4.25. The number of esters is 1. The summed E-state index contributed by atoms with van der Waals surface area (Å²) in [5.41, 5.74) is 0.585. The van der Waals surface area contributed by atoms with E-state index < -0.39 is 33.9 Å². The van der Waals surface area contributed by atoms with Crippen LogP contribution in [-0.2, 0) is 9.53 Å². The van der Waals surface area contributed by atoms with Crippen LogP contribution in [0.3, 0.4) is 0 Å². The molecule has 2 aromatic carbocycles. The zero-order valence-corrected chi connectivity index (χ0v) is 19.6. The number of nitro benzene ring substituents is 1. The Balaban J connectivity index is 1.94. The Morgan fingerprint density at radius 3 is 2.65 bits per heavy atom. The lowest BCUT2D eigenvalue weighted by Gasteiger charge is -2.24. The summed E-state index contributed by atoms with van der Waals surface area (Å²) in [4.78, 5) is 41.5. The summed E-state index contributed by atoms with van der Waals surface area (Å²) in [7, 11) is 0. The summed E-state index contributed by atoms with van der Waals surface area (Å²) < 4.78 is 6.87. The van der Waals surface area contributed by atoms with E-state index in [1.807, 2.05) is 0 Å². The van der Waals surface area contributed by atoms with Crippen LogP contribution in [0.1, 0.15) is 31.0 Å². The maximum atomic E-state index is 13.5. The van der Waals surface area contributed by atoms with Crippen LogP contribution in [-0.4, -0.2) is 22.1 Å². The van der Waals surface area contributed by atoms with Crippen molar-refractivity contribution in [2.24, 2.45) is 4.99 Å². The monoisotopic (exact) mass is 498 g/mol. The first-order valence-corrected chi connectivity index (χ1v) is 11.3. The van der Waals surface area contributed by atoms with Gasteiger partial charge in [-0.15, -0.1) is 0 Å². The number of hydrogen-bond donors (Lipinski definition) is 0. The fourth-order valence-corrected chi connectivity index (χ4v) is 4.84. The number of nitro groups is 1. The molecule has 3 aromatic rings. The molecule has 174 valence electrons. The summed E-state index contributed by atoms with van der Waals surface area (Å²) >= 11 is 7.11. The molecule has 0 spiro atoms. The highest BCUT2D eigenvalue weighted by Crippen LogP contribution is 2.31. The van der Waals surface area contributed by atoms with Crippen molar-refractivity contribution in [3.8, 4) is 5.75 Å². The van der Waals surface area contributed by atoms with Gasteiger partial charge in [0.2, 0.25) is 0 Å². The second kappa shape index (κ2) is 9.24. The number of allylic oxidation sites excluding steroid dienone is 1. The van der Waals surface area contributed by atoms with Gasteiger partial charge in [0, 0.05) is 11.1 Å². The molecule has 2 heterocycles. The molecule has 0 bridgehead atoms. The molecule has 34 heavy (non-hydrogen) atoms. The first-order chi connectivity index (χ1) is 16.2. The van der Waals surface area contributed by atoms with Crippen molar-refractivity contribution >= 4 is 40.7 Å². The summed E-state index contributed by atoms with van der Waals surface area (Å²) in [6, 6.07) is 9.57. The summed E-state index contributed by atoms with van der Waals surface area (Å²) in [5.74, 6) is -1.30. The molecule has 0 aliphatic carbocycles. The zero-order chi connectivity index (χ0) is 24.6. The minimum absolute atomic E-state index is 0.155. The maximum absolute atomic E-state index is 13.5. The summed E-state index contributed by atoms with van der Waals surface area (Å²) in [5, 5.41) is 23.3. The molecule has 0 N–H and O–H groups in total. The van der Waals surface area contributed by atoms with E-state index in [0.717, 1.165) is 23.5 Å². The van der Waals surface area contributed by atoms with Gasteiger partial charge in [-0.3, -0.25) is 19.5 Å². The van der Waals surface area contributed by atoms with Crippen LogP contribution >= 0.6 is 22.9 Å². The maximum Gasteiger partial charge on any atom is 0.338 e. The number of fused-ring (bicyclic) bond motifs is 1. The first kappa shape index (κ1) is 23.4. The van der Waals surface area contributed by atoms with Crippen molar-refractivity contribution in [2.45, 2.75) is 19.9 Å². The van der Waals surface area contributed by atoms with Crippen LogP contribution in [0.5, 0.6) is 5.75 Å². The van der Waals surface area contributed by atoms with E-state index in [9.17, 15) is 24.8 Å². The molecule has 11 heteroatoms. The Morgan fingerprint density at radius 2 is 2.00 bits per heavy atom. The van der Waals surface area contributed by atoms with E-state index in [2.05, 4.69) is 4.99 Å². The van der Waals surface area contributed by atoms with Crippen LogP contribution in [0.25, 0.3) is 6.08 Å². The minimum Gasteiger partial charge on any atom is -0.868 e. The van der Waals surface area contributed by atoms with E-state index in [-0.39, 0.29) is 16.7 Å². The smallest absolute Gasteiger partial charge is 0.338 e. The molecular formula is C23H17ClN3O6S-. The molecule has 0 fully saturated rings. The summed E-state index contributed by atoms with van der Waals surface area (Å²) in [6.07, 6.45) is 1.46. The minimum atomic E-state index is -0.798. The zero-order valence-electron chi connectivity index (χ0n) is 18.0. The number of carbonyl (C=O) groups excluding carboxylic acids is 1. The van der Waals surface area contributed by atoms with Gasteiger partial charge in [-0.2, -0.15) is 0 Å². The molecule has 0 saturated heterocycles. The Morgan fingerprint density at radius 1 is 1.29 bits per heavy atom. The molecule has 4 rings (SSSR count). The van der Waals surface area contributed by atoms with Crippen molar-refractivity contribution in [3.05, 3.63) is 99.7 Å². The third-order valence-corrected chi connectivity index (χ3v) is 6.42. The first-order valence-electron chi connectivity index (χ1n) is 10.1. The van der Waals surface area contributed by atoms with Gasteiger partial charge in [-0.1, -0.05) is 47.2 Å². The number of rotatable bonds is 5. The van der Waals surface area contributed by atoms with Crippen LogP contribution in [0, 0.1) is 10.1 Å². The molecule has 0 amide bonds. The van der Waals surface area contributed by atoms with Gasteiger partial charge in [0.1, 0.15) is 0 Å². The van der Waals surface area contributed by atoms with Gasteiger partial charge in [0.25, 0.3) is 11.2 Å². The predicted molar refractivity (Wildman–Crippen MR) is 124 cm³/mol. The number of hydrogen-bond acceptors (Lipinski definition) is 8. The van der Waals surface area contributed by atoms with Crippen LogP contribution in [0.2, 0.25) is 5.02 Å².